The third-order valence-electron chi connectivity index (χ3n) is 4.07. The van der Waals surface area contributed by atoms with Crippen LogP contribution in [0, 0.1) is 0 Å². The Labute approximate surface area is 142 Å². The fraction of sp³-hybridized carbons (Fsp3) is 0.438. The first-order valence-corrected chi connectivity index (χ1v) is 9.36. The molecule has 120 valence electrons. The van der Waals surface area contributed by atoms with E-state index in [0.29, 0.717) is 11.7 Å². The summed E-state index contributed by atoms with van der Waals surface area (Å²) in [6.45, 7) is 4.90. The molecule has 23 heavy (non-hydrogen) atoms. The van der Waals surface area contributed by atoms with Crippen LogP contribution in [-0.4, -0.2) is 21.7 Å². The lowest BCUT2D eigenvalue weighted by atomic mass is 9.90. The second-order valence-electron chi connectivity index (χ2n) is 6.10. The predicted molar refractivity (Wildman–Crippen MR) is 89.8 cm³/mol. The van der Waals surface area contributed by atoms with Crippen LogP contribution in [0.5, 0.6) is 0 Å². The van der Waals surface area contributed by atoms with Crippen LogP contribution in [0.1, 0.15) is 50.2 Å². The van der Waals surface area contributed by atoms with Gasteiger partial charge in [0, 0.05) is 12.0 Å². The molecule has 1 aliphatic heterocycles. The molecule has 1 unspecified atom stereocenters. The molecular formula is C16H17N3O2S2. The molecule has 0 aromatic carbocycles. The van der Waals surface area contributed by atoms with Gasteiger partial charge in [0.25, 0.3) is 0 Å². The molecule has 0 aliphatic carbocycles. The van der Waals surface area contributed by atoms with Crippen molar-refractivity contribution in [2.75, 3.05) is 6.61 Å². The molecule has 0 amide bonds. The molecule has 1 atom stereocenters. The summed E-state index contributed by atoms with van der Waals surface area (Å²) in [5.74, 6) is 1.24. The zero-order valence-electron chi connectivity index (χ0n) is 13.0. The lowest BCUT2D eigenvalue weighted by molar-refractivity contribution is 0.103. The molecule has 4 heterocycles. The third-order valence-corrected chi connectivity index (χ3v) is 5.95. The largest absolute Gasteiger partial charge is 0.370 e. The molecule has 7 heteroatoms. The van der Waals surface area contributed by atoms with Crippen molar-refractivity contribution in [2.45, 2.75) is 38.2 Å². The van der Waals surface area contributed by atoms with E-state index in [1.54, 1.807) is 22.7 Å². The number of thiazole rings is 1. The predicted octanol–water partition coefficient (Wildman–Crippen LogP) is 4.43. The molecule has 5 nitrogen and oxygen atoms in total. The standard InChI is InChI=1S/C16H17N3O2S2/c1-16(2,12-9-23-14(17-12)11-6-4-8-22-11)15-18-13(19-21-15)10-5-3-7-20-10/h4,6,8-10H,3,5,7H2,1-2H3. The van der Waals surface area contributed by atoms with Gasteiger partial charge >= 0.3 is 0 Å². The molecule has 0 spiro atoms. The van der Waals surface area contributed by atoms with Crippen molar-refractivity contribution in [3.05, 3.63) is 40.3 Å². The van der Waals surface area contributed by atoms with E-state index in [1.165, 1.54) is 4.88 Å². The van der Waals surface area contributed by atoms with Crippen LogP contribution >= 0.6 is 22.7 Å². The van der Waals surface area contributed by atoms with Gasteiger partial charge in [-0.05, 0) is 38.1 Å². The first-order valence-electron chi connectivity index (χ1n) is 7.60. The Morgan fingerprint density at radius 3 is 2.91 bits per heavy atom. The molecule has 0 radical (unpaired) electrons. The zero-order chi connectivity index (χ0) is 15.9. The van der Waals surface area contributed by atoms with Gasteiger partial charge in [-0.15, -0.1) is 22.7 Å². The van der Waals surface area contributed by atoms with Crippen molar-refractivity contribution in [3.8, 4) is 9.88 Å². The van der Waals surface area contributed by atoms with Gasteiger partial charge in [0.1, 0.15) is 11.1 Å². The highest BCUT2D eigenvalue weighted by Gasteiger charge is 2.34. The van der Waals surface area contributed by atoms with Crippen LogP contribution in [0.3, 0.4) is 0 Å². The number of aromatic nitrogens is 3. The normalized spacial score (nSPS) is 18.6. The molecule has 0 saturated carbocycles. The topological polar surface area (TPSA) is 61.0 Å². The van der Waals surface area contributed by atoms with Gasteiger partial charge in [-0.25, -0.2) is 4.98 Å². The van der Waals surface area contributed by atoms with Crippen molar-refractivity contribution in [1.82, 2.24) is 15.1 Å². The van der Waals surface area contributed by atoms with Crippen molar-refractivity contribution < 1.29 is 9.26 Å². The van der Waals surface area contributed by atoms with E-state index in [1.807, 2.05) is 6.07 Å². The van der Waals surface area contributed by atoms with E-state index >= 15 is 0 Å². The molecule has 3 aromatic heterocycles. The number of rotatable bonds is 4. The van der Waals surface area contributed by atoms with Crippen molar-refractivity contribution in [1.29, 1.82) is 0 Å². The smallest absolute Gasteiger partial charge is 0.238 e. The van der Waals surface area contributed by atoms with Crippen LogP contribution in [0.15, 0.2) is 27.4 Å². The zero-order valence-corrected chi connectivity index (χ0v) is 14.6. The summed E-state index contributed by atoms with van der Waals surface area (Å²) in [5.41, 5.74) is 0.531. The molecule has 3 aromatic rings. The molecule has 0 bridgehead atoms. The van der Waals surface area contributed by atoms with Crippen LogP contribution in [0.4, 0.5) is 0 Å². The molecule has 0 N–H and O–H groups in total. The first kappa shape index (κ1) is 15.0. The van der Waals surface area contributed by atoms with Crippen molar-refractivity contribution >= 4 is 22.7 Å². The van der Waals surface area contributed by atoms with Gasteiger partial charge in [0.15, 0.2) is 0 Å². The number of ether oxygens (including phenoxy) is 1. The Bertz CT molecular complexity index is 786. The van der Waals surface area contributed by atoms with Gasteiger partial charge in [-0.1, -0.05) is 11.2 Å². The van der Waals surface area contributed by atoms with E-state index in [4.69, 9.17) is 14.2 Å². The summed E-state index contributed by atoms with van der Waals surface area (Å²) in [5, 5.41) is 9.28. The first-order chi connectivity index (χ1) is 11.1. The second kappa shape index (κ2) is 5.81. The summed E-state index contributed by atoms with van der Waals surface area (Å²) >= 11 is 3.34. The van der Waals surface area contributed by atoms with Crippen molar-refractivity contribution in [3.63, 3.8) is 0 Å². The quantitative estimate of drug-likeness (QED) is 0.698. The minimum absolute atomic E-state index is 0.0274. The second-order valence-corrected chi connectivity index (χ2v) is 7.91. The highest BCUT2D eigenvalue weighted by atomic mass is 32.1. The molecule has 4 rings (SSSR count). The maximum absolute atomic E-state index is 5.63. The van der Waals surface area contributed by atoms with Crippen LogP contribution in [0.2, 0.25) is 0 Å². The minimum Gasteiger partial charge on any atom is -0.370 e. The Morgan fingerprint density at radius 1 is 1.26 bits per heavy atom. The highest BCUT2D eigenvalue weighted by Crippen LogP contribution is 2.36. The molecular weight excluding hydrogens is 330 g/mol. The average molecular weight is 347 g/mol. The van der Waals surface area contributed by atoms with Crippen molar-refractivity contribution in [2.24, 2.45) is 0 Å². The van der Waals surface area contributed by atoms with E-state index in [2.05, 4.69) is 40.8 Å². The summed E-state index contributed by atoms with van der Waals surface area (Å²) < 4.78 is 11.1. The van der Waals surface area contributed by atoms with Gasteiger partial charge < -0.3 is 9.26 Å². The van der Waals surface area contributed by atoms with Crippen LogP contribution in [0.25, 0.3) is 9.88 Å². The third kappa shape index (κ3) is 2.73. The summed E-state index contributed by atoms with van der Waals surface area (Å²) in [6, 6.07) is 4.13. The fourth-order valence-corrected chi connectivity index (χ4v) is 4.39. The number of hydrogen-bond donors (Lipinski definition) is 0. The number of hydrogen-bond acceptors (Lipinski definition) is 7. The monoisotopic (exact) mass is 347 g/mol. The van der Waals surface area contributed by atoms with E-state index < -0.39 is 5.41 Å². The van der Waals surface area contributed by atoms with Crippen LogP contribution in [-0.2, 0) is 10.2 Å². The average Bonchev–Trinajstić information content (AvgIpc) is 3.36. The molecule has 1 fully saturated rings. The number of nitrogens with zero attached hydrogens (tertiary/aromatic N) is 3. The Hall–Kier alpha value is -1.57. The SMILES string of the molecule is CC(C)(c1csc(-c2cccs2)n1)c1nc(C2CCCO2)no1. The van der Waals surface area contributed by atoms with E-state index in [0.717, 1.165) is 30.2 Å². The maximum Gasteiger partial charge on any atom is 0.238 e. The lowest BCUT2D eigenvalue weighted by Gasteiger charge is -2.16. The lowest BCUT2D eigenvalue weighted by Crippen LogP contribution is -2.20. The van der Waals surface area contributed by atoms with Gasteiger partial charge in [0.2, 0.25) is 11.7 Å². The summed E-state index contributed by atoms with van der Waals surface area (Å²) in [4.78, 5) is 10.5. The summed E-state index contributed by atoms with van der Waals surface area (Å²) in [7, 11) is 0. The van der Waals surface area contributed by atoms with Gasteiger partial charge in [-0.3, -0.25) is 0 Å². The molecule has 1 saturated heterocycles. The number of thiophene rings is 1. The molecule has 1 aliphatic rings. The van der Waals surface area contributed by atoms with Crippen LogP contribution < -0.4 is 0 Å². The Balaban J connectivity index is 1.62. The summed E-state index contributed by atoms with van der Waals surface area (Å²) in [6.07, 6.45) is 1.98. The van der Waals surface area contributed by atoms with E-state index in [-0.39, 0.29) is 6.10 Å². The Kier molecular flexibility index (Phi) is 3.79. The Morgan fingerprint density at radius 2 is 2.17 bits per heavy atom. The van der Waals surface area contributed by atoms with E-state index in [9.17, 15) is 0 Å². The fourth-order valence-electron chi connectivity index (χ4n) is 2.58. The highest BCUT2D eigenvalue weighted by molar-refractivity contribution is 7.20. The van der Waals surface area contributed by atoms with Gasteiger partial charge in [-0.2, -0.15) is 4.98 Å². The minimum atomic E-state index is -0.421. The van der Waals surface area contributed by atoms with Gasteiger partial charge in [0.05, 0.1) is 16.0 Å². The maximum atomic E-state index is 5.63.